The number of allylic oxidation sites excluding steroid dienone is 1. The molecule has 0 fully saturated rings. The zero-order valence-electron chi connectivity index (χ0n) is 16.7. The summed E-state index contributed by atoms with van der Waals surface area (Å²) in [5.74, 6) is 0. The van der Waals surface area contributed by atoms with Crippen LogP contribution in [0.5, 0.6) is 0 Å². The number of unbranched alkanes of at least 4 members (excludes halogenated alkanes) is 13. The largest absolute Gasteiger partial charge is 0.0795 e. The average molecular weight is 341 g/mol. The summed E-state index contributed by atoms with van der Waals surface area (Å²) in [5, 5.41) is 0. The van der Waals surface area contributed by atoms with Gasteiger partial charge in [0.25, 0.3) is 0 Å². The second-order valence-electron chi connectivity index (χ2n) is 7.99. The topological polar surface area (TPSA) is 0 Å². The van der Waals surface area contributed by atoms with E-state index in [1.807, 2.05) is 0 Å². The molecule has 0 radical (unpaired) electrons. The van der Waals surface area contributed by atoms with Gasteiger partial charge in [-0.3, -0.25) is 0 Å². The zero-order valence-corrected chi connectivity index (χ0v) is 16.7. The number of hydrogen-bond acceptors (Lipinski definition) is 0. The summed E-state index contributed by atoms with van der Waals surface area (Å²) >= 11 is 0. The van der Waals surface area contributed by atoms with Crippen LogP contribution in [-0.2, 0) is 12.8 Å². The standard InChI is InChI=1S/C25H40/c1-2-3-4-5-6-7-8-9-10-11-12-13-14-15-17-23-20-21-24-18-16-19-25(24)22-23/h16,19-22H,2-15,17-18H2,1H3. The Hall–Kier alpha value is -1.04. The molecule has 0 heteroatoms. The lowest BCUT2D eigenvalue weighted by Crippen LogP contribution is -1.89. The van der Waals surface area contributed by atoms with Crippen molar-refractivity contribution in [2.24, 2.45) is 0 Å². The molecule has 0 aliphatic heterocycles. The summed E-state index contributed by atoms with van der Waals surface area (Å²) in [6.07, 6.45) is 27.1. The zero-order chi connectivity index (χ0) is 17.6. The molecule has 0 aromatic heterocycles. The highest BCUT2D eigenvalue weighted by atomic mass is 14.1. The summed E-state index contributed by atoms with van der Waals surface area (Å²) in [5.41, 5.74) is 4.50. The number of hydrogen-bond donors (Lipinski definition) is 0. The number of benzene rings is 1. The summed E-state index contributed by atoms with van der Waals surface area (Å²) in [6, 6.07) is 7.07. The predicted octanol–water partition coefficient (Wildman–Crippen LogP) is 8.28. The first-order chi connectivity index (χ1) is 12.4. The molecule has 140 valence electrons. The predicted molar refractivity (Wildman–Crippen MR) is 113 cm³/mol. The van der Waals surface area contributed by atoms with Gasteiger partial charge in [0.2, 0.25) is 0 Å². The molecule has 0 atom stereocenters. The Kier molecular flexibility index (Phi) is 10.7. The van der Waals surface area contributed by atoms with E-state index in [4.69, 9.17) is 0 Å². The lowest BCUT2D eigenvalue weighted by atomic mass is 10.0. The van der Waals surface area contributed by atoms with Crippen molar-refractivity contribution in [2.75, 3.05) is 0 Å². The first-order valence-electron chi connectivity index (χ1n) is 11.2. The monoisotopic (exact) mass is 340 g/mol. The first-order valence-corrected chi connectivity index (χ1v) is 11.2. The van der Waals surface area contributed by atoms with E-state index in [9.17, 15) is 0 Å². The van der Waals surface area contributed by atoms with Crippen LogP contribution >= 0.6 is 0 Å². The number of aryl methyl sites for hydroxylation is 1. The molecular weight excluding hydrogens is 300 g/mol. The van der Waals surface area contributed by atoms with Gasteiger partial charge in [0.1, 0.15) is 0 Å². The third-order valence-corrected chi connectivity index (χ3v) is 5.66. The van der Waals surface area contributed by atoms with E-state index in [2.05, 4.69) is 37.3 Å². The van der Waals surface area contributed by atoms with E-state index in [1.54, 1.807) is 0 Å². The fourth-order valence-corrected chi connectivity index (χ4v) is 3.98. The van der Waals surface area contributed by atoms with Crippen molar-refractivity contribution in [3.8, 4) is 0 Å². The van der Waals surface area contributed by atoms with Gasteiger partial charge in [0.05, 0.1) is 0 Å². The minimum atomic E-state index is 1.13. The third kappa shape index (κ3) is 8.75. The van der Waals surface area contributed by atoms with Crippen molar-refractivity contribution >= 4 is 6.08 Å². The van der Waals surface area contributed by atoms with Gasteiger partial charge in [-0.15, -0.1) is 0 Å². The maximum atomic E-state index is 2.40. The van der Waals surface area contributed by atoms with E-state index in [-0.39, 0.29) is 0 Å². The van der Waals surface area contributed by atoms with Crippen molar-refractivity contribution in [1.29, 1.82) is 0 Å². The van der Waals surface area contributed by atoms with Crippen LogP contribution in [0.3, 0.4) is 0 Å². The van der Waals surface area contributed by atoms with Gasteiger partial charge >= 0.3 is 0 Å². The van der Waals surface area contributed by atoms with E-state index in [1.165, 1.54) is 113 Å². The normalized spacial score (nSPS) is 12.7. The molecule has 0 N–H and O–H groups in total. The van der Waals surface area contributed by atoms with E-state index >= 15 is 0 Å². The average Bonchev–Trinajstić information content (AvgIpc) is 3.10. The Bertz CT molecular complexity index is 483. The van der Waals surface area contributed by atoms with Gasteiger partial charge in [0, 0.05) is 0 Å². The molecule has 2 rings (SSSR count). The summed E-state index contributed by atoms with van der Waals surface area (Å²) in [7, 11) is 0. The Balaban J connectivity index is 1.35. The van der Waals surface area contributed by atoms with Gasteiger partial charge in [-0.1, -0.05) is 121 Å². The highest BCUT2D eigenvalue weighted by Gasteiger charge is 2.05. The highest BCUT2D eigenvalue weighted by molar-refractivity contribution is 5.60. The molecule has 0 heterocycles. The molecule has 0 unspecified atom stereocenters. The van der Waals surface area contributed by atoms with Crippen molar-refractivity contribution in [3.05, 3.63) is 41.0 Å². The van der Waals surface area contributed by atoms with Crippen LogP contribution in [0.25, 0.3) is 6.08 Å². The van der Waals surface area contributed by atoms with Crippen LogP contribution in [0.2, 0.25) is 0 Å². The lowest BCUT2D eigenvalue weighted by Gasteiger charge is -2.05. The minimum absolute atomic E-state index is 1.13. The van der Waals surface area contributed by atoms with Crippen LogP contribution in [0.4, 0.5) is 0 Å². The Labute approximate surface area is 157 Å². The fourth-order valence-electron chi connectivity index (χ4n) is 3.98. The molecule has 1 aliphatic rings. The minimum Gasteiger partial charge on any atom is -0.0795 e. The fraction of sp³-hybridized carbons (Fsp3) is 0.680. The molecule has 1 aromatic carbocycles. The molecule has 0 bridgehead atoms. The lowest BCUT2D eigenvalue weighted by molar-refractivity contribution is 0.535. The van der Waals surface area contributed by atoms with E-state index in [0.29, 0.717) is 0 Å². The summed E-state index contributed by atoms with van der Waals surface area (Å²) < 4.78 is 0. The molecule has 0 spiro atoms. The maximum absolute atomic E-state index is 2.40. The third-order valence-electron chi connectivity index (χ3n) is 5.66. The molecule has 25 heavy (non-hydrogen) atoms. The van der Waals surface area contributed by atoms with Crippen molar-refractivity contribution in [3.63, 3.8) is 0 Å². The van der Waals surface area contributed by atoms with Crippen molar-refractivity contribution in [2.45, 2.75) is 110 Å². The van der Waals surface area contributed by atoms with Gasteiger partial charge in [-0.2, -0.15) is 0 Å². The van der Waals surface area contributed by atoms with Gasteiger partial charge < -0.3 is 0 Å². The first kappa shape index (κ1) is 20.3. The van der Waals surface area contributed by atoms with Crippen molar-refractivity contribution in [1.82, 2.24) is 0 Å². The Morgan fingerprint density at radius 1 is 0.680 bits per heavy atom. The highest BCUT2D eigenvalue weighted by Crippen LogP contribution is 2.22. The van der Waals surface area contributed by atoms with Gasteiger partial charge in [-0.05, 0) is 36.0 Å². The molecule has 0 saturated carbocycles. The van der Waals surface area contributed by atoms with Gasteiger partial charge in [-0.25, -0.2) is 0 Å². The molecular formula is C25H40. The Morgan fingerprint density at radius 3 is 1.84 bits per heavy atom. The molecule has 0 saturated heterocycles. The summed E-state index contributed by atoms with van der Waals surface area (Å²) in [4.78, 5) is 0. The van der Waals surface area contributed by atoms with Gasteiger partial charge in [0.15, 0.2) is 0 Å². The van der Waals surface area contributed by atoms with E-state index in [0.717, 1.165) is 6.42 Å². The van der Waals surface area contributed by atoms with Crippen LogP contribution in [0.15, 0.2) is 24.3 Å². The number of fused-ring (bicyclic) bond motifs is 1. The number of rotatable bonds is 15. The smallest absolute Gasteiger partial charge is 0.00882 e. The second-order valence-corrected chi connectivity index (χ2v) is 7.99. The molecule has 1 aromatic rings. The molecule has 0 nitrogen and oxygen atoms in total. The Morgan fingerprint density at radius 2 is 1.24 bits per heavy atom. The van der Waals surface area contributed by atoms with E-state index < -0.39 is 0 Å². The quantitative estimate of drug-likeness (QED) is 0.282. The summed E-state index contributed by atoms with van der Waals surface area (Å²) in [6.45, 7) is 2.30. The second kappa shape index (κ2) is 13.2. The molecule has 0 amide bonds. The van der Waals surface area contributed by atoms with Crippen LogP contribution in [-0.4, -0.2) is 0 Å². The SMILES string of the molecule is CCCCCCCCCCCCCCCCc1ccc2c(c1)C=CC2. The molecule has 1 aliphatic carbocycles. The van der Waals surface area contributed by atoms with Crippen LogP contribution < -0.4 is 0 Å². The van der Waals surface area contributed by atoms with Crippen LogP contribution in [0.1, 0.15) is 114 Å². The van der Waals surface area contributed by atoms with Crippen molar-refractivity contribution < 1.29 is 0 Å². The maximum Gasteiger partial charge on any atom is -0.00882 e. The van der Waals surface area contributed by atoms with Crippen LogP contribution in [0, 0.1) is 0 Å².